The van der Waals surface area contributed by atoms with Gasteiger partial charge in [0.15, 0.2) is 5.82 Å². The van der Waals surface area contributed by atoms with Gasteiger partial charge in [0.2, 0.25) is 10.0 Å². The molecular formula is C31H36FN7O4SSi. The van der Waals surface area contributed by atoms with Gasteiger partial charge in [-0.3, -0.25) is 9.71 Å². The molecule has 2 aromatic heterocycles. The molecule has 0 amide bonds. The van der Waals surface area contributed by atoms with E-state index in [1.165, 1.54) is 24.5 Å². The number of nitrogens with zero attached hydrogens (tertiary/aromatic N) is 5. The molecule has 2 aromatic carbocycles. The standard InChI is InChI=1S/C31H36FN7O4SSi/c1-5-44(40,41)38-26-11-6-22(18-27(26)43-31(12-13-31)23-7-9-24(32)10-8-23)29-25(19-33)30(36-28-20-34-14-15-35-28)39(37-29)21-42-16-17-45(2,3)4/h6-11,14-15,18,20,38H,5,12-13,16-17,21H2,1-4H3,(H,35,36). The Labute approximate surface area is 263 Å². The Balaban J connectivity index is 1.55. The van der Waals surface area contributed by atoms with Crippen molar-refractivity contribution in [2.75, 3.05) is 22.4 Å². The number of sulfonamides is 1. The normalized spacial score (nSPS) is 14.0. The average molecular weight is 650 g/mol. The second kappa shape index (κ2) is 13.0. The Hall–Kier alpha value is -4.32. The highest BCUT2D eigenvalue weighted by atomic mass is 32.2. The predicted molar refractivity (Wildman–Crippen MR) is 173 cm³/mol. The molecule has 1 aliphatic rings. The lowest BCUT2D eigenvalue weighted by Crippen LogP contribution is -2.22. The third-order valence-electron chi connectivity index (χ3n) is 7.36. The van der Waals surface area contributed by atoms with E-state index in [0.717, 1.165) is 11.6 Å². The van der Waals surface area contributed by atoms with E-state index in [2.05, 4.69) is 45.7 Å². The fraction of sp³-hybridized carbons (Fsp3) is 0.355. The lowest BCUT2D eigenvalue weighted by atomic mass is 10.1. The van der Waals surface area contributed by atoms with Gasteiger partial charge in [-0.25, -0.2) is 22.5 Å². The van der Waals surface area contributed by atoms with E-state index in [-0.39, 0.29) is 35.3 Å². The van der Waals surface area contributed by atoms with Crippen LogP contribution in [0.2, 0.25) is 25.7 Å². The van der Waals surface area contributed by atoms with Crippen LogP contribution in [0.15, 0.2) is 61.1 Å². The fourth-order valence-corrected chi connectivity index (χ4v) is 6.01. The first kappa shape index (κ1) is 32.1. The Kier molecular flexibility index (Phi) is 9.24. The van der Waals surface area contributed by atoms with E-state index >= 15 is 0 Å². The van der Waals surface area contributed by atoms with E-state index in [1.54, 1.807) is 48.1 Å². The van der Waals surface area contributed by atoms with Crippen molar-refractivity contribution in [1.29, 1.82) is 5.26 Å². The van der Waals surface area contributed by atoms with Gasteiger partial charge in [-0.2, -0.15) is 10.4 Å². The minimum absolute atomic E-state index is 0.0904. The maximum absolute atomic E-state index is 13.7. The Morgan fingerprint density at radius 2 is 1.89 bits per heavy atom. The van der Waals surface area contributed by atoms with Crippen LogP contribution in [0, 0.1) is 17.1 Å². The molecule has 2 N–H and O–H groups in total. The molecule has 0 spiro atoms. The largest absolute Gasteiger partial charge is 0.480 e. The van der Waals surface area contributed by atoms with Crippen molar-refractivity contribution in [3.63, 3.8) is 0 Å². The highest BCUT2D eigenvalue weighted by molar-refractivity contribution is 7.92. The van der Waals surface area contributed by atoms with Gasteiger partial charge in [0.1, 0.15) is 47.0 Å². The predicted octanol–water partition coefficient (Wildman–Crippen LogP) is 6.24. The zero-order valence-electron chi connectivity index (χ0n) is 25.7. The molecule has 1 saturated carbocycles. The molecule has 0 atom stereocenters. The van der Waals surface area contributed by atoms with E-state index in [9.17, 15) is 18.1 Å². The second-order valence-electron chi connectivity index (χ2n) is 12.1. The summed E-state index contributed by atoms with van der Waals surface area (Å²) in [4.78, 5) is 8.39. The topological polar surface area (TPSA) is 144 Å². The summed E-state index contributed by atoms with van der Waals surface area (Å²) < 4.78 is 55.5. The van der Waals surface area contributed by atoms with Gasteiger partial charge in [-0.05, 0) is 55.6 Å². The van der Waals surface area contributed by atoms with E-state index in [1.807, 2.05) is 0 Å². The third-order valence-corrected chi connectivity index (χ3v) is 10.4. The smallest absolute Gasteiger partial charge is 0.232 e. The molecule has 4 aromatic rings. The minimum Gasteiger partial charge on any atom is -0.480 e. The van der Waals surface area contributed by atoms with E-state index in [4.69, 9.17) is 14.6 Å². The third kappa shape index (κ3) is 7.86. The van der Waals surface area contributed by atoms with Gasteiger partial charge in [-0.15, -0.1) is 0 Å². The Morgan fingerprint density at radius 3 is 2.51 bits per heavy atom. The summed E-state index contributed by atoms with van der Waals surface area (Å²) in [7, 11) is -4.97. The molecule has 11 nitrogen and oxygen atoms in total. The van der Waals surface area contributed by atoms with Crippen LogP contribution in [0.4, 0.5) is 21.7 Å². The van der Waals surface area contributed by atoms with Crippen LogP contribution in [-0.4, -0.2) is 48.6 Å². The lowest BCUT2D eigenvalue weighted by Gasteiger charge is -2.22. The zero-order chi connectivity index (χ0) is 32.2. The van der Waals surface area contributed by atoms with Crippen LogP contribution < -0.4 is 14.8 Å². The van der Waals surface area contributed by atoms with Crippen molar-refractivity contribution >= 4 is 35.4 Å². The van der Waals surface area contributed by atoms with Gasteiger partial charge < -0.3 is 14.8 Å². The van der Waals surface area contributed by atoms with Gasteiger partial charge in [0.05, 0.1) is 17.6 Å². The maximum Gasteiger partial charge on any atom is 0.232 e. The number of hydrogen-bond donors (Lipinski definition) is 2. The molecule has 0 saturated heterocycles. The second-order valence-corrected chi connectivity index (χ2v) is 19.7. The Morgan fingerprint density at radius 1 is 1.13 bits per heavy atom. The van der Waals surface area contributed by atoms with Crippen molar-refractivity contribution in [3.05, 3.63) is 78.0 Å². The quantitative estimate of drug-likeness (QED) is 0.120. The number of aromatic nitrogens is 4. The first-order chi connectivity index (χ1) is 21.4. The average Bonchev–Trinajstić information content (AvgIpc) is 3.71. The number of hydrogen-bond acceptors (Lipinski definition) is 9. The van der Waals surface area contributed by atoms with Gasteiger partial charge in [-0.1, -0.05) is 37.8 Å². The molecule has 0 unspecified atom stereocenters. The summed E-state index contributed by atoms with van der Waals surface area (Å²) in [5.41, 5.74) is 1.41. The molecule has 5 rings (SSSR count). The molecule has 1 aliphatic carbocycles. The molecule has 0 radical (unpaired) electrons. The highest BCUT2D eigenvalue weighted by Gasteiger charge is 2.47. The van der Waals surface area contributed by atoms with E-state index < -0.39 is 23.7 Å². The van der Waals surface area contributed by atoms with Crippen LogP contribution in [0.5, 0.6) is 5.75 Å². The van der Waals surface area contributed by atoms with Crippen LogP contribution in [0.3, 0.4) is 0 Å². The number of benzene rings is 2. The minimum atomic E-state index is -3.64. The van der Waals surface area contributed by atoms with E-state index in [0.29, 0.717) is 42.3 Å². The monoisotopic (exact) mass is 649 g/mol. The molecule has 0 aliphatic heterocycles. The molecule has 45 heavy (non-hydrogen) atoms. The summed E-state index contributed by atoms with van der Waals surface area (Å²) in [6.07, 6.45) is 5.96. The van der Waals surface area contributed by atoms with Crippen LogP contribution in [0.25, 0.3) is 11.3 Å². The first-order valence-electron chi connectivity index (χ1n) is 14.6. The first-order valence-corrected chi connectivity index (χ1v) is 20.0. The Bertz CT molecular complexity index is 1800. The molecule has 14 heteroatoms. The lowest BCUT2D eigenvalue weighted by molar-refractivity contribution is 0.0802. The summed E-state index contributed by atoms with van der Waals surface area (Å²) in [6.45, 7) is 8.98. The maximum atomic E-state index is 13.7. The number of nitrogens with one attached hydrogen (secondary N) is 2. The zero-order valence-corrected chi connectivity index (χ0v) is 27.5. The summed E-state index contributed by atoms with van der Waals surface area (Å²) in [6, 6.07) is 14.3. The van der Waals surface area contributed by atoms with Crippen LogP contribution in [-0.2, 0) is 27.1 Å². The summed E-state index contributed by atoms with van der Waals surface area (Å²) in [5, 5.41) is 18.3. The van der Waals surface area contributed by atoms with Gasteiger partial charge in [0, 0.05) is 32.6 Å². The number of nitriles is 1. The van der Waals surface area contributed by atoms with Crippen molar-refractivity contribution in [3.8, 4) is 23.1 Å². The van der Waals surface area contributed by atoms with Crippen molar-refractivity contribution in [2.45, 2.75) is 57.8 Å². The number of rotatable bonds is 14. The number of halogens is 1. The van der Waals surface area contributed by atoms with Crippen molar-refractivity contribution in [1.82, 2.24) is 19.7 Å². The molecule has 1 fully saturated rings. The van der Waals surface area contributed by atoms with Crippen molar-refractivity contribution in [2.24, 2.45) is 0 Å². The highest BCUT2D eigenvalue weighted by Crippen LogP contribution is 2.51. The van der Waals surface area contributed by atoms with Gasteiger partial charge >= 0.3 is 0 Å². The number of ether oxygens (including phenoxy) is 2. The molecule has 2 heterocycles. The molecule has 236 valence electrons. The summed E-state index contributed by atoms with van der Waals surface area (Å²) >= 11 is 0. The van der Waals surface area contributed by atoms with Crippen molar-refractivity contribution < 1.29 is 22.3 Å². The van der Waals surface area contributed by atoms with Crippen LogP contribution in [0.1, 0.15) is 30.9 Å². The SMILES string of the molecule is CCS(=O)(=O)Nc1ccc(-c2nn(COCC[Si](C)(C)C)c(Nc3cnccn3)c2C#N)cc1OC1(c2ccc(F)cc2)CC1. The van der Waals surface area contributed by atoms with Gasteiger partial charge in [0.25, 0.3) is 0 Å². The van der Waals surface area contributed by atoms with Crippen LogP contribution >= 0.6 is 0 Å². The molecular weight excluding hydrogens is 614 g/mol. The molecule has 0 bridgehead atoms. The fourth-order valence-electron chi connectivity index (χ4n) is 4.61. The number of anilines is 3. The summed E-state index contributed by atoms with van der Waals surface area (Å²) in [5.74, 6) is 0.578.